The van der Waals surface area contributed by atoms with E-state index < -0.39 is 0 Å². The quantitative estimate of drug-likeness (QED) is 0.772. The lowest BCUT2D eigenvalue weighted by Crippen LogP contribution is -2.36. The van der Waals surface area contributed by atoms with Gasteiger partial charge in [0.2, 0.25) is 11.8 Å². The summed E-state index contributed by atoms with van der Waals surface area (Å²) in [5.41, 5.74) is 0.829. The van der Waals surface area contributed by atoms with Gasteiger partial charge in [0.25, 0.3) is 0 Å². The van der Waals surface area contributed by atoms with Gasteiger partial charge in [0, 0.05) is 12.6 Å². The van der Waals surface area contributed by atoms with E-state index in [0.29, 0.717) is 31.3 Å². The van der Waals surface area contributed by atoms with Gasteiger partial charge in [-0.2, -0.15) is 0 Å². The van der Waals surface area contributed by atoms with Gasteiger partial charge in [-0.15, -0.1) is 0 Å². The zero-order valence-corrected chi connectivity index (χ0v) is 12.6. The molecule has 0 atom stereocenters. The highest BCUT2D eigenvalue weighted by molar-refractivity contribution is 5.94. The second-order valence-electron chi connectivity index (χ2n) is 4.80. The Labute approximate surface area is 129 Å². The zero-order valence-electron chi connectivity index (χ0n) is 12.6. The van der Waals surface area contributed by atoms with Crippen molar-refractivity contribution in [1.82, 2.24) is 10.6 Å². The maximum absolute atomic E-state index is 11.6. The van der Waals surface area contributed by atoms with Gasteiger partial charge in [-0.3, -0.25) is 9.59 Å². The molecule has 1 aliphatic rings. The molecule has 2 rings (SSSR count). The summed E-state index contributed by atoms with van der Waals surface area (Å²) in [7, 11) is 0. The predicted octanol–water partition coefficient (Wildman–Crippen LogP) is 1.11. The van der Waals surface area contributed by atoms with E-state index in [2.05, 4.69) is 10.6 Å². The highest BCUT2D eigenvalue weighted by Crippen LogP contribution is 2.30. The molecule has 0 radical (unpaired) electrons. The Bertz CT molecular complexity index is 569. The normalized spacial score (nSPS) is 13.0. The Morgan fingerprint density at radius 3 is 2.73 bits per heavy atom. The van der Waals surface area contributed by atoms with Crippen LogP contribution in [0.5, 0.6) is 11.5 Å². The van der Waals surface area contributed by atoms with Crippen LogP contribution < -0.4 is 20.1 Å². The van der Waals surface area contributed by atoms with E-state index >= 15 is 0 Å². The number of rotatable bonds is 6. The van der Waals surface area contributed by atoms with Crippen LogP contribution in [0, 0.1) is 0 Å². The van der Waals surface area contributed by atoms with Crippen LogP contribution in [0.3, 0.4) is 0 Å². The summed E-state index contributed by atoms with van der Waals surface area (Å²) < 4.78 is 10.9. The molecule has 0 unspecified atom stereocenters. The van der Waals surface area contributed by atoms with Crippen molar-refractivity contribution in [2.45, 2.75) is 13.3 Å². The molecule has 22 heavy (non-hydrogen) atoms. The maximum Gasteiger partial charge on any atom is 0.244 e. The van der Waals surface area contributed by atoms with Crippen molar-refractivity contribution in [2.75, 3.05) is 26.3 Å². The largest absolute Gasteiger partial charge is 0.486 e. The Morgan fingerprint density at radius 1 is 1.18 bits per heavy atom. The van der Waals surface area contributed by atoms with Gasteiger partial charge in [-0.1, -0.05) is 13.0 Å². The molecular weight excluding hydrogens is 284 g/mol. The van der Waals surface area contributed by atoms with Crippen LogP contribution in [0.2, 0.25) is 0 Å². The molecule has 1 heterocycles. The van der Waals surface area contributed by atoms with Crippen LogP contribution in [-0.4, -0.2) is 38.1 Å². The third kappa shape index (κ3) is 4.80. The van der Waals surface area contributed by atoms with Crippen LogP contribution in [0.25, 0.3) is 6.08 Å². The Hall–Kier alpha value is -2.50. The fraction of sp³-hybridized carbons (Fsp3) is 0.375. The highest BCUT2D eigenvalue weighted by atomic mass is 16.6. The van der Waals surface area contributed by atoms with Gasteiger partial charge in [0.15, 0.2) is 11.5 Å². The molecule has 6 heteroatoms. The van der Waals surface area contributed by atoms with Crippen molar-refractivity contribution in [3.63, 3.8) is 0 Å². The minimum absolute atomic E-state index is 0.0235. The maximum atomic E-state index is 11.6. The number of carbonyl (C=O) groups is 2. The Balaban J connectivity index is 1.83. The first-order valence-electron chi connectivity index (χ1n) is 7.31. The molecule has 0 aliphatic carbocycles. The minimum atomic E-state index is -0.318. The molecule has 1 aliphatic heterocycles. The lowest BCUT2D eigenvalue weighted by molar-refractivity contribution is -0.123. The summed E-state index contributed by atoms with van der Waals surface area (Å²) in [6, 6.07) is 5.46. The van der Waals surface area contributed by atoms with Gasteiger partial charge in [0.05, 0.1) is 6.54 Å². The molecule has 1 aromatic rings. The second kappa shape index (κ2) is 8.07. The Morgan fingerprint density at radius 2 is 1.95 bits per heavy atom. The first kappa shape index (κ1) is 15.9. The number of amides is 2. The van der Waals surface area contributed by atoms with Gasteiger partial charge < -0.3 is 20.1 Å². The molecule has 2 amide bonds. The third-order valence-corrected chi connectivity index (χ3v) is 2.99. The van der Waals surface area contributed by atoms with Gasteiger partial charge in [-0.05, 0) is 30.2 Å². The van der Waals surface area contributed by atoms with Crippen LogP contribution in [0.1, 0.15) is 18.9 Å². The number of nitrogens with one attached hydrogen (secondary N) is 2. The monoisotopic (exact) mass is 304 g/mol. The van der Waals surface area contributed by atoms with E-state index in [1.807, 2.05) is 25.1 Å². The van der Waals surface area contributed by atoms with Crippen LogP contribution in [-0.2, 0) is 9.59 Å². The molecule has 0 saturated carbocycles. The molecule has 0 fully saturated rings. The number of hydrogen-bond donors (Lipinski definition) is 2. The Kier molecular flexibility index (Phi) is 5.82. The average molecular weight is 304 g/mol. The van der Waals surface area contributed by atoms with Crippen LogP contribution in [0.4, 0.5) is 0 Å². The molecule has 0 bridgehead atoms. The van der Waals surface area contributed by atoms with Crippen molar-refractivity contribution in [2.24, 2.45) is 0 Å². The van der Waals surface area contributed by atoms with Gasteiger partial charge in [-0.25, -0.2) is 0 Å². The lowest BCUT2D eigenvalue weighted by Gasteiger charge is -2.18. The van der Waals surface area contributed by atoms with Crippen molar-refractivity contribution >= 4 is 17.9 Å². The molecular formula is C16H20N2O4. The first-order chi connectivity index (χ1) is 10.7. The summed E-state index contributed by atoms with van der Waals surface area (Å²) in [6.07, 6.45) is 3.92. The smallest absolute Gasteiger partial charge is 0.244 e. The van der Waals surface area contributed by atoms with Crippen molar-refractivity contribution in [1.29, 1.82) is 0 Å². The van der Waals surface area contributed by atoms with E-state index in [1.54, 1.807) is 6.08 Å². The van der Waals surface area contributed by atoms with Crippen molar-refractivity contribution in [3.05, 3.63) is 29.8 Å². The predicted molar refractivity (Wildman–Crippen MR) is 82.8 cm³/mol. The molecule has 6 nitrogen and oxygen atoms in total. The number of benzene rings is 1. The SMILES string of the molecule is CCCNC(=O)CNC(=O)/C=C/c1ccc2c(c1)OCCO2. The number of carbonyl (C=O) groups excluding carboxylic acids is 2. The van der Waals surface area contributed by atoms with Crippen molar-refractivity contribution in [3.8, 4) is 11.5 Å². The number of fused-ring (bicyclic) bond motifs is 1. The van der Waals surface area contributed by atoms with Crippen molar-refractivity contribution < 1.29 is 19.1 Å². The summed E-state index contributed by atoms with van der Waals surface area (Å²) >= 11 is 0. The summed E-state index contributed by atoms with van der Waals surface area (Å²) in [5.74, 6) is 0.873. The van der Waals surface area contributed by atoms with E-state index in [0.717, 1.165) is 12.0 Å². The van der Waals surface area contributed by atoms with E-state index in [1.165, 1.54) is 6.08 Å². The highest BCUT2D eigenvalue weighted by Gasteiger charge is 2.10. The first-order valence-corrected chi connectivity index (χ1v) is 7.31. The third-order valence-electron chi connectivity index (χ3n) is 2.99. The fourth-order valence-electron chi connectivity index (χ4n) is 1.89. The molecule has 0 saturated heterocycles. The molecule has 1 aromatic carbocycles. The average Bonchev–Trinajstić information content (AvgIpc) is 2.56. The fourth-order valence-corrected chi connectivity index (χ4v) is 1.89. The summed E-state index contributed by atoms with van der Waals surface area (Å²) in [5, 5.41) is 5.22. The molecule has 2 N–H and O–H groups in total. The van der Waals surface area contributed by atoms with Gasteiger partial charge >= 0.3 is 0 Å². The van der Waals surface area contributed by atoms with E-state index in [-0.39, 0.29) is 18.4 Å². The number of hydrogen-bond acceptors (Lipinski definition) is 4. The standard InChI is InChI=1S/C16H20N2O4/c1-2-7-17-16(20)11-18-15(19)6-4-12-3-5-13-14(10-12)22-9-8-21-13/h3-6,10H,2,7-9,11H2,1H3,(H,17,20)(H,18,19)/b6-4+. The zero-order chi connectivity index (χ0) is 15.8. The van der Waals surface area contributed by atoms with Crippen LogP contribution >= 0.6 is 0 Å². The number of ether oxygens (including phenoxy) is 2. The van der Waals surface area contributed by atoms with E-state index in [4.69, 9.17) is 9.47 Å². The minimum Gasteiger partial charge on any atom is -0.486 e. The van der Waals surface area contributed by atoms with E-state index in [9.17, 15) is 9.59 Å². The molecule has 0 spiro atoms. The topological polar surface area (TPSA) is 76.7 Å². The van der Waals surface area contributed by atoms with Gasteiger partial charge in [0.1, 0.15) is 13.2 Å². The summed E-state index contributed by atoms with van der Waals surface area (Å²) in [4.78, 5) is 23.0. The van der Waals surface area contributed by atoms with Crippen LogP contribution in [0.15, 0.2) is 24.3 Å². The lowest BCUT2D eigenvalue weighted by atomic mass is 10.2. The molecule has 0 aromatic heterocycles. The second-order valence-corrected chi connectivity index (χ2v) is 4.80. The summed E-state index contributed by atoms with van der Waals surface area (Å²) in [6.45, 7) is 3.62. The molecule has 118 valence electrons.